The van der Waals surface area contributed by atoms with Crippen molar-refractivity contribution in [3.63, 3.8) is 0 Å². The van der Waals surface area contributed by atoms with E-state index >= 15 is 0 Å². The first-order valence-corrected chi connectivity index (χ1v) is 8.21. The van der Waals surface area contributed by atoms with Crippen LogP contribution >= 0.6 is 35.0 Å². The molecular formula is C13H15Cl2N3OS. The van der Waals surface area contributed by atoms with Crippen LogP contribution in [0, 0.1) is 0 Å². The number of hydrogen-bond donors (Lipinski definition) is 1. The standard InChI is InChI=1S/C13H15Cl2N3OS/c1-7(6-20-2)13-17-11(18-19-13)5-8-3-9(14)12(16)10(15)4-8/h3-4,7H,5-6,16H2,1-2H3. The Kier molecular flexibility index (Phi) is 5.18. The van der Waals surface area contributed by atoms with Crippen molar-refractivity contribution in [2.24, 2.45) is 0 Å². The Morgan fingerprint density at radius 3 is 2.60 bits per heavy atom. The van der Waals surface area contributed by atoms with E-state index in [-0.39, 0.29) is 5.92 Å². The van der Waals surface area contributed by atoms with Gasteiger partial charge in [-0.2, -0.15) is 16.7 Å². The van der Waals surface area contributed by atoms with Gasteiger partial charge in [-0.25, -0.2) is 0 Å². The van der Waals surface area contributed by atoms with Gasteiger partial charge in [0.1, 0.15) is 0 Å². The third kappa shape index (κ3) is 3.59. The van der Waals surface area contributed by atoms with E-state index in [2.05, 4.69) is 17.1 Å². The molecule has 2 rings (SSSR count). The molecule has 1 aromatic heterocycles. The molecule has 0 bridgehead atoms. The molecular weight excluding hydrogens is 317 g/mol. The van der Waals surface area contributed by atoms with Crippen LogP contribution in [0.2, 0.25) is 10.0 Å². The van der Waals surface area contributed by atoms with E-state index in [9.17, 15) is 0 Å². The first kappa shape index (κ1) is 15.5. The number of thioether (sulfide) groups is 1. The van der Waals surface area contributed by atoms with Gasteiger partial charge in [0.2, 0.25) is 5.89 Å². The monoisotopic (exact) mass is 331 g/mol. The summed E-state index contributed by atoms with van der Waals surface area (Å²) in [5.41, 5.74) is 7.00. The van der Waals surface area contributed by atoms with E-state index < -0.39 is 0 Å². The first-order chi connectivity index (χ1) is 9.51. The Morgan fingerprint density at radius 1 is 1.35 bits per heavy atom. The summed E-state index contributed by atoms with van der Waals surface area (Å²) in [6.07, 6.45) is 2.56. The van der Waals surface area contributed by atoms with Gasteiger partial charge in [-0.15, -0.1) is 0 Å². The summed E-state index contributed by atoms with van der Waals surface area (Å²) >= 11 is 13.8. The maximum Gasteiger partial charge on any atom is 0.230 e. The van der Waals surface area contributed by atoms with E-state index in [1.807, 2.05) is 6.26 Å². The second kappa shape index (κ2) is 6.70. The number of rotatable bonds is 5. The van der Waals surface area contributed by atoms with Crippen molar-refractivity contribution in [2.45, 2.75) is 19.3 Å². The summed E-state index contributed by atoms with van der Waals surface area (Å²) < 4.78 is 5.27. The average Bonchev–Trinajstić information content (AvgIpc) is 2.85. The van der Waals surface area contributed by atoms with Crippen LogP contribution < -0.4 is 5.73 Å². The quantitative estimate of drug-likeness (QED) is 0.838. The van der Waals surface area contributed by atoms with Gasteiger partial charge in [0.15, 0.2) is 5.82 Å². The Labute approximate surface area is 132 Å². The molecule has 2 N–H and O–H groups in total. The molecule has 4 nitrogen and oxygen atoms in total. The number of aromatic nitrogens is 2. The van der Waals surface area contributed by atoms with Crippen LogP contribution in [0.1, 0.15) is 30.1 Å². The third-order valence-corrected chi connectivity index (χ3v) is 4.28. The number of nitrogens with two attached hydrogens (primary N) is 1. The zero-order valence-electron chi connectivity index (χ0n) is 11.2. The maximum absolute atomic E-state index is 6.01. The number of benzene rings is 1. The van der Waals surface area contributed by atoms with Crippen LogP contribution in [0.4, 0.5) is 5.69 Å². The lowest BCUT2D eigenvalue weighted by Crippen LogP contribution is -1.98. The van der Waals surface area contributed by atoms with Gasteiger partial charge >= 0.3 is 0 Å². The molecule has 0 radical (unpaired) electrons. The molecule has 108 valence electrons. The summed E-state index contributed by atoms with van der Waals surface area (Å²) in [5.74, 6) is 2.46. The highest BCUT2D eigenvalue weighted by molar-refractivity contribution is 7.98. The van der Waals surface area contributed by atoms with Crippen LogP contribution in [0.5, 0.6) is 0 Å². The molecule has 0 spiro atoms. The number of halogens is 2. The van der Waals surface area contributed by atoms with Crippen molar-refractivity contribution >= 4 is 40.7 Å². The summed E-state index contributed by atoms with van der Waals surface area (Å²) in [6, 6.07) is 3.54. The molecule has 0 saturated heterocycles. The van der Waals surface area contributed by atoms with Gasteiger partial charge in [-0.05, 0) is 24.0 Å². The minimum Gasteiger partial charge on any atom is -0.396 e. The highest BCUT2D eigenvalue weighted by Gasteiger charge is 2.14. The van der Waals surface area contributed by atoms with Gasteiger partial charge in [-0.1, -0.05) is 35.3 Å². The van der Waals surface area contributed by atoms with Gasteiger partial charge in [0, 0.05) is 18.1 Å². The minimum absolute atomic E-state index is 0.241. The van der Waals surface area contributed by atoms with E-state index in [1.165, 1.54) is 0 Å². The van der Waals surface area contributed by atoms with Crippen LogP contribution in [-0.2, 0) is 6.42 Å². The molecule has 1 atom stereocenters. The van der Waals surface area contributed by atoms with Crippen molar-refractivity contribution < 1.29 is 4.52 Å². The van der Waals surface area contributed by atoms with Crippen molar-refractivity contribution in [3.05, 3.63) is 39.5 Å². The lowest BCUT2D eigenvalue weighted by Gasteiger charge is -2.04. The zero-order valence-corrected chi connectivity index (χ0v) is 13.5. The normalized spacial score (nSPS) is 12.6. The average molecular weight is 332 g/mol. The molecule has 0 aliphatic carbocycles. The molecule has 0 amide bonds. The van der Waals surface area contributed by atoms with E-state index in [4.69, 9.17) is 33.5 Å². The molecule has 2 aromatic rings. The van der Waals surface area contributed by atoms with Gasteiger partial charge in [0.05, 0.1) is 15.7 Å². The van der Waals surface area contributed by atoms with E-state index in [1.54, 1.807) is 23.9 Å². The van der Waals surface area contributed by atoms with Crippen molar-refractivity contribution in [1.82, 2.24) is 10.1 Å². The van der Waals surface area contributed by atoms with Crippen LogP contribution in [0.25, 0.3) is 0 Å². The second-order valence-corrected chi connectivity index (χ2v) is 6.28. The molecule has 0 saturated carbocycles. The smallest absolute Gasteiger partial charge is 0.230 e. The number of nitrogen functional groups attached to an aromatic ring is 1. The molecule has 20 heavy (non-hydrogen) atoms. The summed E-state index contributed by atoms with van der Waals surface area (Å²) in [5, 5.41) is 4.86. The topological polar surface area (TPSA) is 64.9 Å². The fourth-order valence-corrected chi connectivity index (χ4v) is 2.96. The maximum atomic E-state index is 6.01. The highest BCUT2D eigenvalue weighted by Crippen LogP contribution is 2.29. The van der Waals surface area contributed by atoms with Crippen molar-refractivity contribution in [2.75, 3.05) is 17.7 Å². The fraction of sp³-hybridized carbons (Fsp3) is 0.385. The predicted octanol–water partition coefficient (Wildman–Crippen LogP) is 4.02. The molecule has 0 fully saturated rings. The van der Waals surface area contributed by atoms with Crippen molar-refractivity contribution in [3.8, 4) is 0 Å². The minimum atomic E-state index is 0.241. The predicted molar refractivity (Wildman–Crippen MR) is 84.8 cm³/mol. The van der Waals surface area contributed by atoms with E-state index in [0.717, 1.165) is 11.3 Å². The highest BCUT2D eigenvalue weighted by atomic mass is 35.5. The lowest BCUT2D eigenvalue weighted by molar-refractivity contribution is 0.362. The fourth-order valence-electron chi connectivity index (χ4n) is 1.78. The molecule has 0 aliphatic heterocycles. The summed E-state index contributed by atoms with van der Waals surface area (Å²) in [4.78, 5) is 4.40. The summed E-state index contributed by atoms with van der Waals surface area (Å²) in [6.45, 7) is 2.06. The molecule has 1 heterocycles. The van der Waals surface area contributed by atoms with Gasteiger partial charge in [0.25, 0.3) is 0 Å². The van der Waals surface area contributed by atoms with Crippen LogP contribution in [0.3, 0.4) is 0 Å². The molecule has 7 heteroatoms. The Bertz CT molecular complexity index is 580. The number of anilines is 1. The van der Waals surface area contributed by atoms with Gasteiger partial charge in [-0.3, -0.25) is 0 Å². The third-order valence-electron chi connectivity index (χ3n) is 2.82. The Morgan fingerprint density at radius 2 is 2.00 bits per heavy atom. The van der Waals surface area contributed by atoms with Gasteiger partial charge < -0.3 is 10.3 Å². The zero-order chi connectivity index (χ0) is 14.7. The second-order valence-electron chi connectivity index (χ2n) is 4.56. The van der Waals surface area contributed by atoms with Crippen LogP contribution in [-0.4, -0.2) is 22.1 Å². The Hall–Kier alpha value is -0.910. The van der Waals surface area contributed by atoms with Crippen molar-refractivity contribution in [1.29, 1.82) is 0 Å². The SMILES string of the molecule is CSCC(C)c1nc(Cc2cc(Cl)c(N)c(Cl)c2)no1. The molecule has 1 unspecified atom stereocenters. The number of nitrogens with zero attached hydrogens (tertiary/aromatic N) is 2. The van der Waals surface area contributed by atoms with Crippen LogP contribution in [0.15, 0.2) is 16.7 Å². The Balaban J connectivity index is 2.14. The molecule has 1 aromatic carbocycles. The lowest BCUT2D eigenvalue weighted by atomic mass is 10.1. The molecule has 0 aliphatic rings. The largest absolute Gasteiger partial charge is 0.396 e. The van der Waals surface area contributed by atoms with E-state index in [0.29, 0.717) is 33.9 Å². The summed E-state index contributed by atoms with van der Waals surface area (Å²) in [7, 11) is 0. The number of hydrogen-bond acceptors (Lipinski definition) is 5. The first-order valence-electron chi connectivity index (χ1n) is 6.06.